The first kappa shape index (κ1) is 24.7. The Hall–Kier alpha value is -3.93. The van der Waals surface area contributed by atoms with Crippen LogP contribution in [0.4, 0.5) is 5.69 Å². The van der Waals surface area contributed by atoms with E-state index in [0.717, 1.165) is 35.2 Å². The summed E-state index contributed by atoms with van der Waals surface area (Å²) in [6, 6.07) is 22.0. The van der Waals surface area contributed by atoms with Crippen molar-refractivity contribution in [3.05, 3.63) is 101 Å². The fourth-order valence-corrected chi connectivity index (χ4v) is 3.77. The van der Waals surface area contributed by atoms with E-state index in [-0.39, 0.29) is 17.0 Å². The van der Waals surface area contributed by atoms with Crippen LogP contribution in [0.2, 0.25) is 0 Å². The molecule has 6 nitrogen and oxygen atoms in total. The van der Waals surface area contributed by atoms with Gasteiger partial charge in [-0.05, 0) is 41.7 Å². The van der Waals surface area contributed by atoms with Crippen LogP contribution < -0.4 is 5.32 Å². The Balaban J connectivity index is 1.67. The quantitative estimate of drug-likeness (QED) is 0.464. The molecule has 0 aliphatic heterocycles. The monoisotopic (exact) mass is 458 g/mol. The number of carbonyl (C=O) groups excluding carboxylic acids is 3. The second-order valence-electron chi connectivity index (χ2n) is 7.98. The van der Waals surface area contributed by atoms with Gasteiger partial charge in [0.15, 0.2) is 6.61 Å². The molecule has 3 rings (SSSR count). The van der Waals surface area contributed by atoms with Crippen molar-refractivity contribution >= 4 is 23.5 Å². The van der Waals surface area contributed by atoms with E-state index < -0.39 is 18.5 Å². The van der Waals surface area contributed by atoms with Crippen LogP contribution in [-0.2, 0) is 28.9 Å². The number of aryl methyl sites for hydroxylation is 2. The summed E-state index contributed by atoms with van der Waals surface area (Å²) >= 11 is 0. The molecular formula is C28H30N2O4. The fourth-order valence-electron chi connectivity index (χ4n) is 3.77. The van der Waals surface area contributed by atoms with Gasteiger partial charge in [0.25, 0.3) is 11.8 Å². The molecular weight excluding hydrogens is 428 g/mol. The van der Waals surface area contributed by atoms with Crippen LogP contribution in [0.1, 0.15) is 51.3 Å². The topological polar surface area (TPSA) is 75.7 Å². The number of esters is 1. The Morgan fingerprint density at radius 2 is 1.38 bits per heavy atom. The van der Waals surface area contributed by atoms with E-state index in [2.05, 4.69) is 5.32 Å². The average Bonchev–Trinajstić information content (AvgIpc) is 2.87. The smallest absolute Gasteiger partial charge is 0.339 e. The maximum Gasteiger partial charge on any atom is 0.339 e. The molecule has 0 heterocycles. The number of amides is 2. The van der Waals surface area contributed by atoms with Crippen LogP contribution >= 0.6 is 0 Å². The van der Waals surface area contributed by atoms with Gasteiger partial charge in [-0.2, -0.15) is 0 Å². The zero-order valence-corrected chi connectivity index (χ0v) is 19.8. The highest BCUT2D eigenvalue weighted by Crippen LogP contribution is 2.22. The number of para-hydroxylation sites is 1. The molecule has 2 amide bonds. The second kappa shape index (κ2) is 11.8. The molecule has 0 spiro atoms. The second-order valence-corrected chi connectivity index (χ2v) is 7.98. The van der Waals surface area contributed by atoms with Crippen molar-refractivity contribution in [3.63, 3.8) is 0 Å². The van der Waals surface area contributed by atoms with E-state index in [1.807, 2.05) is 62.4 Å². The number of carbonyl (C=O) groups is 3. The molecule has 0 aliphatic carbocycles. The molecule has 0 bridgehead atoms. The molecule has 176 valence electrons. The largest absolute Gasteiger partial charge is 0.452 e. The molecule has 0 saturated heterocycles. The summed E-state index contributed by atoms with van der Waals surface area (Å²) in [5.41, 5.74) is 4.16. The predicted molar refractivity (Wildman–Crippen MR) is 133 cm³/mol. The average molecular weight is 459 g/mol. The van der Waals surface area contributed by atoms with Crippen LogP contribution in [0.15, 0.2) is 72.8 Å². The molecule has 0 unspecified atom stereocenters. The molecule has 3 aromatic rings. The van der Waals surface area contributed by atoms with Gasteiger partial charge in [0, 0.05) is 19.3 Å². The lowest BCUT2D eigenvalue weighted by molar-refractivity contribution is -0.119. The summed E-state index contributed by atoms with van der Waals surface area (Å²) in [5.74, 6) is -1.44. The lowest BCUT2D eigenvalue weighted by atomic mass is 10.0. The normalized spacial score (nSPS) is 10.4. The molecule has 0 radical (unpaired) electrons. The minimum Gasteiger partial charge on any atom is -0.452 e. The summed E-state index contributed by atoms with van der Waals surface area (Å²) in [5, 5.41) is 2.88. The molecule has 6 heteroatoms. The number of anilines is 1. The summed E-state index contributed by atoms with van der Waals surface area (Å²) in [6.07, 6.45) is 1.55. The number of ether oxygens (including phenoxy) is 1. The third-order valence-corrected chi connectivity index (χ3v) is 5.58. The molecule has 34 heavy (non-hydrogen) atoms. The van der Waals surface area contributed by atoms with Gasteiger partial charge in [0.2, 0.25) is 0 Å². The highest BCUT2D eigenvalue weighted by atomic mass is 16.5. The van der Waals surface area contributed by atoms with Gasteiger partial charge in [-0.1, -0.05) is 74.5 Å². The van der Waals surface area contributed by atoms with Crippen molar-refractivity contribution in [3.8, 4) is 0 Å². The van der Waals surface area contributed by atoms with E-state index in [1.54, 1.807) is 30.1 Å². The van der Waals surface area contributed by atoms with Crippen molar-refractivity contribution in [1.82, 2.24) is 4.90 Å². The Bertz CT molecular complexity index is 1140. The summed E-state index contributed by atoms with van der Waals surface area (Å²) in [4.78, 5) is 39.9. The van der Waals surface area contributed by atoms with Gasteiger partial charge >= 0.3 is 5.97 Å². The van der Waals surface area contributed by atoms with Gasteiger partial charge in [0.1, 0.15) is 0 Å². The standard InChI is InChI=1S/C28H30N2O4/c1-4-21-14-11-15-22(5-2)26(21)29-25(31)19-34-28(33)24-17-10-9-16-23(24)27(32)30(3)18-20-12-7-6-8-13-20/h6-17H,4-5,18-19H2,1-3H3,(H,29,31). The minimum atomic E-state index is -0.716. The van der Waals surface area contributed by atoms with E-state index in [0.29, 0.717) is 6.54 Å². The van der Waals surface area contributed by atoms with Crippen molar-refractivity contribution in [2.75, 3.05) is 19.0 Å². The van der Waals surface area contributed by atoms with E-state index >= 15 is 0 Å². The van der Waals surface area contributed by atoms with Gasteiger partial charge < -0.3 is 15.0 Å². The van der Waals surface area contributed by atoms with E-state index in [9.17, 15) is 14.4 Å². The Labute approximate surface area is 200 Å². The molecule has 0 aromatic heterocycles. The number of rotatable bonds is 9. The highest BCUT2D eigenvalue weighted by molar-refractivity contribution is 6.06. The van der Waals surface area contributed by atoms with E-state index in [1.165, 1.54) is 6.07 Å². The zero-order chi connectivity index (χ0) is 24.5. The predicted octanol–water partition coefficient (Wildman–Crippen LogP) is 4.88. The highest BCUT2D eigenvalue weighted by Gasteiger charge is 2.21. The number of hydrogen-bond donors (Lipinski definition) is 1. The molecule has 0 saturated carbocycles. The molecule has 0 fully saturated rings. The maximum atomic E-state index is 13.0. The first-order valence-electron chi connectivity index (χ1n) is 11.4. The molecule has 3 aromatic carbocycles. The first-order chi connectivity index (χ1) is 16.4. The third kappa shape index (κ3) is 6.10. The number of nitrogens with one attached hydrogen (secondary N) is 1. The molecule has 1 N–H and O–H groups in total. The SMILES string of the molecule is CCc1cccc(CC)c1NC(=O)COC(=O)c1ccccc1C(=O)N(C)Cc1ccccc1. The fraction of sp³-hybridized carbons (Fsp3) is 0.250. The number of benzene rings is 3. The number of nitrogens with zero attached hydrogens (tertiary/aromatic N) is 1. The lowest BCUT2D eigenvalue weighted by Crippen LogP contribution is -2.28. The van der Waals surface area contributed by atoms with Gasteiger partial charge in [-0.15, -0.1) is 0 Å². The zero-order valence-electron chi connectivity index (χ0n) is 19.8. The third-order valence-electron chi connectivity index (χ3n) is 5.58. The van der Waals surface area contributed by atoms with Crippen LogP contribution in [0.25, 0.3) is 0 Å². The summed E-state index contributed by atoms with van der Waals surface area (Å²) < 4.78 is 5.28. The Morgan fingerprint density at radius 1 is 0.794 bits per heavy atom. The molecule has 0 aliphatic rings. The number of hydrogen-bond acceptors (Lipinski definition) is 4. The molecule has 0 atom stereocenters. The Kier molecular flexibility index (Phi) is 8.57. The van der Waals surface area contributed by atoms with E-state index in [4.69, 9.17) is 4.74 Å². The maximum absolute atomic E-state index is 13.0. The van der Waals surface area contributed by atoms with Gasteiger partial charge in [-0.25, -0.2) is 4.79 Å². The van der Waals surface area contributed by atoms with Crippen LogP contribution in [0.5, 0.6) is 0 Å². The van der Waals surface area contributed by atoms with Crippen LogP contribution in [0, 0.1) is 0 Å². The van der Waals surface area contributed by atoms with Gasteiger partial charge in [0.05, 0.1) is 11.1 Å². The lowest BCUT2D eigenvalue weighted by Gasteiger charge is -2.19. The van der Waals surface area contributed by atoms with Crippen LogP contribution in [0.3, 0.4) is 0 Å². The van der Waals surface area contributed by atoms with Crippen molar-refractivity contribution in [2.45, 2.75) is 33.2 Å². The van der Waals surface area contributed by atoms with Crippen molar-refractivity contribution < 1.29 is 19.1 Å². The van der Waals surface area contributed by atoms with Gasteiger partial charge in [-0.3, -0.25) is 9.59 Å². The van der Waals surface area contributed by atoms with Crippen molar-refractivity contribution in [2.24, 2.45) is 0 Å². The van der Waals surface area contributed by atoms with Crippen LogP contribution in [-0.4, -0.2) is 36.3 Å². The summed E-state index contributed by atoms with van der Waals surface area (Å²) in [7, 11) is 1.68. The van der Waals surface area contributed by atoms with Crippen molar-refractivity contribution in [1.29, 1.82) is 0 Å². The summed E-state index contributed by atoms with van der Waals surface area (Å²) in [6.45, 7) is 4.00. The Morgan fingerprint density at radius 3 is 2.00 bits per heavy atom. The first-order valence-corrected chi connectivity index (χ1v) is 11.4. The minimum absolute atomic E-state index is 0.128.